The number of aromatic nitrogens is 2. The predicted molar refractivity (Wildman–Crippen MR) is 119 cm³/mol. The number of fused-ring (bicyclic) bond motifs is 1. The summed E-state index contributed by atoms with van der Waals surface area (Å²) in [5, 5.41) is 11.8. The molecule has 0 saturated heterocycles. The Balaban J connectivity index is 2.25. The average Bonchev–Trinajstić information content (AvgIpc) is 2.69. The van der Waals surface area contributed by atoms with Crippen molar-refractivity contribution in [3.8, 4) is 11.8 Å². The minimum absolute atomic E-state index is 0.000485. The van der Waals surface area contributed by atoms with E-state index in [1.807, 2.05) is 0 Å². The number of nitrogen functional groups attached to an aromatic ring is 1. The lowest BCUT2D eigenvalue weighted by molar-refractivity contribution is 0.143. The Kier molecular flexibility index (Phi) is 6.43. The first-order valence-electron chi connectivity index (χ1n) is 9.60. The highest BCUT2D eigenvalue weighted by molar-refractivity contribution is 6.05. The Morgan fingerprint density at radius 3 is 2.53 bits per heavy atom. The van der Waals surface area contributed by atoms with Crippen molar-refractivity contribution >= 4 is 33.8 Å². The van der Waals surface area contributed by atoms with E-state index in [0.29, 0.717) is 16.8 Å². The third kappa shape index (κ3) is 5.19. The van der Waals surface area contributed by atoms with Crippen molar-refractivity contribution in [1.82, 2.24) is 9.97 Å². The fourth-order valence-corrected chi connectivity index (χ4v) is 3.17. The van der Waals surface area contributed by atoms with E-state index in [9.17, 15) is 18.3 Å². The second kappa shape index (κ2) is 8.90. The van der Waals surface area contributed by atoms with Crippen molar-refractivity contribution in [2.45, 2.75) is 25.9 Å². The molecule has 0 radical (unpaired) electrons. The second-order valence-corrected chi connectivity index (χ2v) is 7.68. The lowest BCUT2D eigenvalue weighted by atomic mass is 10.1. The molecule has 0 saturated carbocycles. The third-order valence-electron chi connectivity index (χ3n) is 4.43. The van der Waals surface area contributed by atoms with Crippen molar-refractivity contribution in [2.75, 3.05) is 29.2 Å². The minimum atomic E-state index is -2.74. The predicted octanol–water partition coefficient (Wildman–Crippen LogP) is 3.19. The van der Waals surface area contributed by atoms with E-state index >= 15 is 0 Å². The zero-order chi connectivity index (χ0) is 23.6. The SMILES string of the molecule is CN(N)c1c(N)nc(N(CC(F)F)c2ccnc(C#CC(C)(C)O)c2)c2cc(F)ccc12. The molecule has 0 atom stereocenters. The maximum atomic E-state index is 14.1. The van der Waals surface area contributed by atoms with Gasteiger partial charge in [-0.15, -0.1) is 0 Å². The van der Waals surface area contributed by atoms with Crippen LogP contribution in [0, 0.1) is 17.7 Å². The molecule has 0 amide bonds. The number of hydrogen-bond acceptors (Lipinski definition) is 7. The van der Waals surface area contributed by atoms with E-state index in [-0.39, 0.29) is 22.7 Å². The van der Waals surface area contributed by atoms with E-state index in [1.54, 1.807) is 7.05 Å². The van der Waals surface area contributed by atoms with Crippen LogP contribution in [0.1, 0.15) is 19.5 Å². The number of benzene rings is 1. The van der Waals surface area contributed by atoms with Gasteiger partial charge in [-0.3, -0.25) is 0 Å². The number of nitrogens with two attached hydrogens (primary N) is 2. The fraction of sp³-hybridized carbons (Fsp3) is 0.273. The summed E-state index contributed by atoms with van der Waals surface area (Å²) in [6, 6.07) is 6.88. The Bertz CT molecular complexity index is 1200. The van der Waals surface area contributed by atoms with Crippen molar-refractivity contribution in [2.24, 2.45) is 5.84 Å². The third-order valence-corrected chi connectivity index (χ3v) is 4.43. The molecule has 2 heterocycles. The van der Waals surface area contributed by atoms with E-state index < -0.39 is 24.4 Å². The van der Waals surface area contributed by atoms with Crippen LogP contribution in [0.25, 0.3) is 10.8 Å². The van der Waals surface area contributed by atoms with Crippen LogP contribution >= 0.6 is 0 Å². The van der Waals surface area contributed by atoms with Crippen molar-refractivity contribution in [3.05, 3.63) is 48.0 Å². The molecule has 32 heavy (non-hydrogen) atoms. The van der Waals surface area contributed by atoms with Crippen LogP contribution in [0.5, 0.6) is 0 Å². The average molecular weight is 444 g/mol. The first-order valence-corrected chi connectivity index (χ1v) is 9.60. The van der Waals surface area contributed by atoms with Gasteiger partial charge in [0, 0.05) is 29.7 Å². The van der Waals surface area contributed by atoms with E-state index in [2.05, 4.69) is 21.8 Å². The molecule has 0 bridgehead atoms. The van der Waals surface area contributed by atoms with Crippen LogP contribution in [0.2, 0.25) is 0 Å². The molecule has 3 rings (SSSR count). The van der Waals surface area contributed by atoms with E-state index in [0.717, 1.165) is 0 Å². The number of rotatable bonds is 5. The maximum Gasteiger partial charge on any atom is 0.256 e. The van der Waals surface area contributed by atoms with Crippen LogP contribution in [0.15, 0.2) is 36.5 Å². The van der Waals surface area contributed by atoms with Gasteiger partial charge in [-0.2, -0.15) is 0 Å². The van der Waals surface area contributed by atoms with Crippen molar-refractivity contribution in [3.63, 3.8) is 0 Å². The lowest BCUT2D eigenvalue weighted by Crippen LogP contribution is -2.29. The van der Waals surface area contributed by atoms with Crippen LogP contribution in [-0.2, 0) is 0 Å². The summed E-state index contributed by atoms with van der Waals surface area (Å²) in [7, 11) is 1.54. The number of halogens is 3. The minimum Gasteiger partial charge on any atom is -0.382 e. The van der Waals surface area contributed by atoms with Gasteiger partial charge < -0.3 is 20.7 Å². The topological polar surface area (TPSA) is 105 Å². The van der Waals surface area contributed by atoms with E-state index in [1.165, 1.54) is 60.3 Å². The summed E-state index contributed by atoms with van der Waals surface area (Å²) in [4.78, 5) is 9.62. The Morgan fingerprint density at radius 1 is 1.19 bits per heavy atom. The largest absolute Gasteiger partial charge is 0.382 e. The number of aliphatic hydroxyl groups is 1. The molecule has 0 fully saturated rings. The normalized spacial score (nSPS) is 11.4. The summed E-state index contributed by atoms with van der Waals surface area (Å²) in [6.45, 7) is 2.28. The van der Waals surface area contributed by atoms with Crippen molar-refractivity contribution in [1.29, 1.82) is 0 Å². The number of anilines is 4. The first kappa shape index (κ1) is 23.1. The zero-order valence-corrected chi connectivity index (χ0v) is 17.8. The number of hydrazine groups is 1. The van der Waals surface area contributed by atoms with Gasteiger partial charge >= 0.3 is 0 Å². The Morgan fingerprint density at radius 2 is 1.91 bits per heavy atom. The highest BCUT2D eigenvalue weighted by atomic mass is 19.3. The molecule has 7 nitrogen and oxygen atoms in total. The smallest absolute Gasteiger partial charge is 0.256 e. The van der Waals surface area contributed by atoms with Crippen molar-refractivity contribution < 1.29 is 18.3 Å². The molecule has 10 heteroatoms. The molecule has 0 unspecified atom stereocenters. The van der Waals surface area contributed by atoms with Gasteiger partial charge in [-0.1, -0.05) is 5.92 Å². The molecule has 0 spiro atoms. The highest BCUT2D eigenvalue weighted by Crippen LogP contribution is 2.38. The van der Waals surface area contributed by atoms with Gasteiger partial charge in [-0.25, -0.2) is 29.0 Å². The molecule has 0 aliphatic rings. The zero-order valence-electron chi connectivity index (χ0n) is 17.8. The molecular weight excluding hydrogens is 421 g/mol. The van der Waals surface area contributed by atoms with Crippen LogP contribution in [-0.4, -0.2) is 40.7 Å². The summed E-state index contributed by atoms with van der Waals surface area (Å²) in [5.41, 5.74) is 5.73. The molecule has 168 valence electrons. The Hall–Kier alpha value is -3.55. The van der Waals surface area contributed by atoms with Gasteiger partial charge in [0.1, 0.15) is 28.6 Å². The molecule has 2 aromatic heterocycles. The molecule has 0 aliphatic heterocycles. The summed E-state index contributed by atoms with van der Waals surface area (Å²) >= 11 is 0. The van der Waals surface area contributed by atoms with Crippen LogP contribution in [0.4, 0.5) is 36.2 Å². The van der Waals surface area contributed by atoms with Gasteiger partial charge in [0.05, 0.1) is 6.54 Å². The molecule has 0 aliphatic carbocycles. The number of alkyl halides is 2. The molecule has 1 aromatic carbocycles. The molecule has 5 N–H and O–H groups in total. The monoisotopic (exact) mass is 444 g/mol. The van der Waals surface area contributed by atoms with Crippen LogP contribution < -0.4 is 21.5 Å². The van der Waals surface area contributed by atoms with Gasteiger partial charge in [-0.05, 0) is 50.1 Å². The van der Waals surface area contributed by atoms with Crippen LogP contribution in [0.3, 0.4) is 0 Å². The number of pyridine rings is 2. The summed E-state index contributed by atoms with van der Waals surface area (Å²) < 4.78 is 41.3. The molecule has 3 aromatic rings. The summed E-state index contributed by atoms with van der Waals surface area (Å²) in [5.74, 6) is 10.7. The van der Waals surface area contributed by atoms with E-state index in [4.69, 9.17) is 11.6 Å². The number of hydrogen-bond donors (Lipinski definition) is 3. The maximum absolute atomic E-state index is 14.1. The first-order chi connectivity index (χ1) is 15.0. The fourth-order valence-electron chi connectivity index (χ4n) is 3.17. The van der Waals surface area contributed by atoms with Gasteiger partial charge in [0.25, 0.3) is 6.43 Å². The highest BCUT2D eigenvalue weighted by Gasteiger charge is 2.23. The Labute approximate surface area is 183 Å². The molecular formula is C22H23F3N6O. The quantitative estimate of drug-likeness (QED) is 0.315. The summed E-state index contributed by atoms with van der Waals surface area (Å²) in [6.07, 6.45) is -1.34. The lowest BCUT2D eigenvalue weighted by Gasteiger charge is -2.27. The number of nitrogens with zero attached hydrogens (tertiary/aromatic N) is 4. The second-order valence-electron chi connectivity index (χ2n) is 7.68. The van der Waals surface area contributed by atoms with Gasteiger partial charge in [0.2, 0.25) is 0 Å². The standard InChI is InChI=1S/C22H23F3N6O/c1-22(2,32)8-6-14-11-15(7-9-28-14)31(12-18(24)25)21-17-10-13(23)4-5-16(17)19(30(3)27)20(26)29-21/h4-5,7,9-11,18,32H,12,27H2,1-3H3,(H2,26,29). The van der Waals surface area contributed by atoms with Gasteiger partial charge in [0.15, 0.2) is 5.82 Å².